The van der Waals surface area contributed by atoms with Gasteiger partial charge in [-0.3, -0.25) is 10.9 Å². The van der Waals surface area contributed by atoms with Crippen LogP contribution >= 0.6 is 0 Å². The largest absolute Gasteiger partial charge is 0.477 e. The molecule has 3 fully saturated rings. The van der Waals surface area contributed by atoms with Crippen LogP contribution in [0.15, 0.2) is 5.10 Å². The van der Waals surface area contributed by atoms with Gasteiger partial charge in [-0.1, -0.05) is 32.1 Å². The van der Waals surface area contributed by atoms with E-state index in [-0.39, 0.29) is 12.1 Å². The molecule has 0 bridgehead atoms. The van der Waals surface area contributed by atoms with E-state index in [1.807, 2.05) is 0 Å². The van der Waals surface area contributed by atoms with Gasteiger partial charge in [0.05, 0.1) is 0 Å². The van der Waals surface area contributed by atoms with Gasteiger partial charge in [0.15, 0.2) is 0 Å². The first-order valence-corrected chi connectivity index (χ1v) is 8.80. The Morgan fingerprint density at radius 1 is 1.05 bits per heavy atom. The molecule has 1 heterocycles. The molecule has 124 valence electrons. The zero-order valence-corrected chi connectivity index (χ0v) is 13.2. The van der Waals surface area contributed by atoms with Crippen LogP contribution in [0, 0.1) is 17.8 Å². The van der Waals surface area contributed by atoms with Crippen molar-refractivity contribution in [1.29, 1.82) is 0 Å². The van der Waals surface area contributed by atoms with Crippen molar-refractivity contribution < 1.29 is 9.90 Å². The highest BCUT2D eigenvalue weighted by Gasteiger charge is 2.35. The Bertz CT molecular complexity index is 418. The summed E-state index contributed by atoms with van der Waals surface area (Å²) in [4.78, 5) is 11.5. The molecule has 2 aliphatic carbocycles. The minimum Gasteiger partial charge on any atom is -0.477 e. The summed E-state index contributed by atoms with van der Waals surface area (Å²) < 4.78 is 0. The van der Waals surface area contributed by atoms with Gasteiger partial charge >= 0.3 is 5.97 Å². The van der Waals surface area contributed by atoms with Crippen molar-refractivity contribution in [3.8, 4) is 0 Å². The summed E-state index contributed by atoms with van der Waals surface area (Å²) in [5, 5.41) is 13.8. The molecule has 0 radical (unpaired) electrons. The highest BCUT2D eigenvalue weighted by atomic mass is 16.4. The number of carbonyl (C=O) groups is 1. The molecule has 1 aliphatic heterocycles. The van der Waals surface area contributed by atoms with Crippen molar-refractivity contribution in [1.82, 2.24) is 16.3 Å². The topological polar surface area (TPSA) is 85.8 Å². The molecule has 0 aromatic heterocycles. The second-order valence-corrected chi connectivity index (χ2v) is 6.98. The van der Waals surface area contributed by atoms with Crippen LogP contribution in [-0.2, 0) is 4.79 Å². The van der Waals surface area contributed by atoms with E-state index < -0.39 is 5.97 Å². The average molecular weight is 308 g/mol. The lowest BCUT2D eigenvalue weighted by atomic mass is 9.77. The van der Waals surface area contributed by atoms with Gasteiger partial charge in [-0.15, -0.1) is 0 Å². The highest BCUT2D eigenvalue weighted by Crippen LogP contribution is 2.33. The number of hydrazine groups is 1. The molecule has 3 rings (SSSR count). The Morgan fingerprint density at radius 2 is 1.77 bits per heavy atom. The number of aliphatic carboxylic acids is 1. The molecule has 3 atom stereocenters. The zero-order valence-electron chi connectivity index (χ0n) is 13.2. The van der Waals surface area contributed by atoms with Gasteiger partial charge in [0.2, 0.25) is 0 Å². The van der Waals surface area contributed by atoms with Crippen molar-refractivity contribution in [3.63, 3.8) is 0 Å². The van der Waals surface area contributed by atoms with E-state index in [1.54, 1.807) is 0 Å². The summed E-state index contributed by atoms with van der Waals surface area (Å²) in [7, 11) is 0. The maximum Gasteiger partial charge on any atom is 0.352 e. The van der Waals surface area contributed by atoms with Crippen LogP contribution in [0.25, 0.3) is 0 Å². The minimum absolute atomic E-state index is 0.0389. The number of nitrogens with zero attached hydrogens (tertiary/aromatic N) is 1. The summed E-state index contributed by atoms with van der Waals surface area (Å²) >= 11 is 0. The average Bonchev–Trinajstić information content (AvgIpc) is 2.56. The van der Waals surface area contributed by atoms with Crippen LogP contribution < -0.4 is 16.3 Å². The third-order valence-corrected chi connectivity index (χ3v) is 5.55. The molecule has 2 saturated carbocycles. The summed E-state index contributed by atoms with van der Waals surface area (Å²) in [5.41, 5.74) is 9.94. The Labute approximate surface area is 132 Å². The van der Waals surface area contributed by atoms with Crippen LogP contribution in [0.5, 0.6) is 0 Å². The molecule has 3 unspecified atom stereocenters. The lowest BCUT2D eigenvalue weighted by molar-refractivity contribution is -0.129. The van der Waals surface area contributed by atoms with Gasteiger partial charge in [-0.05, 0) is 37.5 Å². The maximum atomic E-state index is 11.5. The van der Waals surface area contributed by atoms with Crippen molar-refractivity contribution in [3.05, 3.63) is 0 Å². The summed E-state index contributed by atoms with van der Waals surface area (Å²) in [5.74, 6) is 0.451. The first-order chi connectivity index (χ1) is 10.8. The number of fused-ring (bicyclic) bond motifs is 1. The van der Waals surface area contributed by atoms with E-state index in [2.05, 4.69) is 21.4 Å². The zero-order chi connectivity index (χ0) is 15.4. The number of hydrogen-bond acceptors (Lipinski definition) is 5. The van der Waals surface area contributed by atoms with E-state index in [1.165, 1.54) is 32.1 Å². The van der Waals surface area contributed by atoms with Crippen molar-refractivity contribution in [2.45, 2.75) is 64.0 Å². The Balaban J connectivity index is 1.65. The van der Waals surface area contributed by atoms with Crippen molar-refractivity contribution in [2.24, 2.45) is 22.9 Å². The molecule has 6 nitrogen and oxygen atoms in total. The van der Waals surface area contributed by atoms with E-state index in [4.69, 9.17) is 0 Å². The molecule has 0 aromatic carbocycles. The molecule has 0 amide bonds. The van der Waals surface area contributed by atoms with Gasteiger partial charge < -0.3 is 5.11 Å². The van der Waals surface area contributed by atoms with E-state index in [0.29, 0.717) is 17.5 Å². The molecule has 3 aliphatic rings. The standard InChI is InChI=1S/C16H28N4O2/c21-16(22)14(11-6-2-1-3-7-11)18-20-15-13-9-5-4-8-12(13)10-17-19-15/h11-13,15,17,19-20H,1-10H2,(H,21,22)/b18-14+. The Kier molecular flexibility index (Phi) is 5.31. The molecule has 0 spiro atoms. The van der Waals surface area contributed by atoms with E-state index >= 15 is 0 Å². The molecule has 22 heavy (non-hydrogen) atoms. The second kappa shape index (κ2) is 7.42. The summed E-state index contributed by atoms with van der Waals surface area (Å²) in [6.45, 7) is 1.00. The lowest BCUT2D eigenvalue weighted by Crippen LogP contribution is -2.61. The van der Waals surface area contributed by atoms with Gasteiger partial charge in [0.1, 0.15) is 11.9 Å². The predicted octanol–water partition coefficient (Wildman–Crippen LogP) is 1.84. The first-order valence-electron chi connectivity index (χ1n) is 8.80. The molecule has 0 aromatic rings. The maximum absolute atomic E-state index is 11.5. The first kappa shape index (κ1) is 15.7. The number of rotatable bonds is 4. The van der Waals surface area contributed by atoms with Crippen molar-refractivity contribution >= 4 is 11.7 Å². The van der Waals surface area contributed by atoms with Crippen molar-refractivity contribution in [2.75, 3.05) is 6.54 Å². The SMILES string of the molecule is O=C(O)/C(=N/NC1NNCC2CCCCC21)C1CCCCC1. The van der Waals surface area contributed by atoms with Crippen LogP contribution in [0.3, 0.4) is 0 Å². The lowest BCUT2D eigenvalue weighted by Gasteiger charge is -2.41. The molecular formula is C16H28N4O2. The number of nitrogens with one attached hydrogen (secondary N) is 3. The van der Waals surface area contributed by atoms with E-state index in [0.717, 1.165) is 32.2 Å². The summed E-state index contributed by atoms with van der Waals surface area (Å²) in [6.07, 6.45) is 10.4. The van der Waals surface area contributed by atoms with Gasteiger partial charge in [-0.2, -0.15) is 5.10 Å². The molecule has 1 saturated heterocycles. The van der Waals surface area contributed by atoms with Crippen LogP contribution in [-0.4, -0.2) is 29.5 Å². The Morgan fingerprint density at radius 3 is 2.55 bits per heavy atom. The molecular weight excluding hydrogens is 280 g/mol. The molecule has 4 N–H and O–H groups in total. The van der Waals surface area contributed by atoms with Gasteiger partial charge in [0.25, 0.3) is 0 Å². The highest BCUT2D eigenvalue weighted by molar-refractivity contribution is 6.36. The monoisotopic (exact) mass is 308 g/mol. The summed E-state index contributed by atoms with van der Waals surface area (Å²) in [6, 6.07) is 0. The number of carboxylic acids is 1. The quantitative estimate of drug-likeness (QED) is 0.470. The predicted molar refractivity (Wildman–Crippen MR) is 85.2 cm³/mol. The number of carboxylic acid groups (broad SMARTS) is 1. The number of hydrogen-bond donors (Lipinski definition) is 4. The fraction of sp³-hybridized carbons (Fsp3) is 0.875. The second-order valence-electron chi connectivity index (χ2n) is 6.98. The van der Waals surface area contributed by atoms with Crippen LogP contribution in [0.2, 0.25) is 0 Å². The third kappa shape index (κ3) is 3.60. The van der Waals surface area contributed by atoms with Crippen LogP contribution in [0.1, 0.15) is 57.8 Å². The smallest absolute Gasteiger partial charge is 0.352 e. The van der Waals surface area contributed by atoms with Gasteiger partial charge in [-0.25, -0.2) is 10.2 Å². The van der Waals surface area contributed by atoms with Crippen LogP contribution in [0.4, 0.5) is 0 Å². The molecule has 6 heteroatoms. The third-order valence-electron chi connectivity index (χ3n) is 5.55. The fourth-order valence-electron chi connectivity index (χ4n) is 4.29. The Hall–Kier alpha value is -1.14. The number of hydrazone groups is 1. The minimum atomic E-state index is -0.872. The van der Waals surface area contributed by atoms with E-state index in [9.17, 15) is 9.90 Å². The normalized spacial score (nSPS) is 34.0. The van der Waals surface area contributed by atoms with Gasteiger partial charge in [0, 0.05) is 12.5 Å². The fourth-order valence-corrected chi connectivity index (χ4v) is 4.29.